The number of carbonyl (C=O) groups excluding carboxylic acids is 1. The van der Waals surface area contributed by atoms with Gasteiger partial charge in [0.1, 0.15) is 0 Å². The maximum absolute atomic E-state index is 12.3. The Hall–Kier alpha value is -0.0400. The molecule has 0 bridgehead atoms. The van der Waals surface area contributed by atoms with E-state index >= 15 is 0 Å². The zero-order valence-electron chi connectivity index (χ0n) is 13.7. The molecule has 138 valence electrons. The molecule has 3 heterocycles. The molecule has 1 atom stereocenters. The van der Waals surface area contributed by atoms with Gasteiger partial charge in [0, 0.05) is 50.1 Å². The highest BCUT2D eigenvalue weighted by atomic mass is 35.5. The summed E-state index contributed by atoms with van der Waals surface area (Å²) in [6.45, 7) is 5.70. The van der Waals surface area contributed by atoms with Gasteiger partial charge in [0.25, 0.3) is 0 Å². The molecule has 2 aliphatic heterocycles. The Kier molecular flexibility index (Phi) is 9.94. The molecule has 0 spiro atoms. The van der Waals surface area contributed by atoms with Gasteiger partial charge in [-0.25, -0.2) is 0 Å². The molecule has 1 aromatic rings. The monoisotopic (exact) mass is 413 g/mol. The Labute approximate surface area is 165 Å². The van der Waals surface area contributed by atoms with Gasteiger partial charge in [-0.1, -0.05) is 11.6 Å². The maximum atomic E-state index is 12.3. The summed E-state index contributed by atoms with van der Waals surface area (Å²) in [5.41, 5.74) is 0. The minimum absolute atomic E-state index is 0. The Morgan fingerprint density at radius 1 is 1.25 bits per heavy atom. The van der Waals surface area contributed by atoms with Crippen molar-refractivity contribution >= 4 is 53.7 Å². The van der Waals surface area contributed by atoms with E-state index in [1.54, 1.807) is 11.3 Å². The molecule has 0 aromatic carbocycles. The summed E-state index contributed by atoms with van der Waals surface area (Å²) in [6.07, 6.45) is 4.17. The Morgan fingerprint density at radius 3 is 2.58 bits per heavy atom. The second-order valence-corrected chi connectivity index (χ2v) is 7.99. The van der Waals surface area contributed by atoms with Gasteiger partial charge in [-0.3, -0.25) is 9.69 Å². The van der Waals surface area contributed by atoms with Gasteiger partial charge >= 0.3 is 0 Å². The molecule has 2 saturated heterocycles. The lowest BCUT2D eigenvalue weighted by Crippen LogP contribution is -2.48. The lowest BCUT2D eigenvalue weighted by molar-refractivity contribution is -0.133. The molecule has 0 saturated carbocycles. The number of hydrogen-bond acceptors (Lipinski definition) is 4. The molecule has 2 fully saturated rings. The lowest BCUT2D eigenvalue weighted by Gasteiger charge is -2.34. The Balaban J connectivity index is 0.00000144. The van der Waals surface area contributed by atoms with Crippen LogP contribution in [0.1, 0.15) is 30.6 Å². The van der Waals surface area contributed by atoms with Crippen molar-refractivity contribution in [2.45, 2.75) is 38.3 Å². The fourth-order valence-corrected chi connectivity index (χ4v) is 4.40. The summed E-state index contributed by atoms with van der Waals surface area (Å²) < 4.78 is 0.851. The van der Waals surface area contributed by atoms with Crippen molar-refractivity contribution in [3.8, 4) is 0 Å². The first-order valence-electron chi connectivity index (χ1n) is 8.18. The van der Waals surface area contributed by atoms with E-state index < -0.39 is 0 Å². The average Bonchev–Trinajstić information content (AvgIpc) is 3.17. The van der Waals surface area contributed by atoms with Crippen molar-refractivity contribution in [2.75, 3.05) is 32.7 Å². The van der Waals surface area contributed by atoms with E-state index in [1.165, 1.54) is 17.7 Å². The number of nitrogens with one attached hydrogen (secondary N) is 1. The van der Waals surface area contributed by atoms with Crippen LogP contribution in [-0.4, -0.2) is 54.5 Å². The highest BCUT2D eigenvalue weighted by Gasteiger charge is 2.22. The van der Waals surface area contributed by atoms with Gasteiger partial charge in [-0.05, 0) is 37.9 Å². The van der Waals surface area contributed by atoms with Crippen LogP contribution in [0.5, 0.6) is 0 Å². The summed E-state index contributed by atoms with van der Waals surface area (Å²) in [5.74, 6) is 0.326. The largest absolute Gasteiger partial charge is 0.340 e. The highest BCUT2D eigenvalue weighted by Crippen LogP contribution is 2.23. The number of rotatable bonds is 5. The third-order valence-corrected chi connectivity index (χ3v) is 5.82. The number of carbonyl (C=O) groups is 1. The van der Waals surface area contributed by atoms with Crippen LogP contribution < -0.4 is 5.32 Å². The molecule has 24 heavy (non-hydrogen) atoms. The third-order valence-electron chi connectivity index (χ3n) is 4.60. The number of piperazine rings is 1. The minimum atomic E-state index is 0. The van der Waals surface area contributed by atoms with Crippen molar-refractivity contribution in [2.24, 2.45) is 0 Å². The van der Waals surface area contributed by atoms with Crippen LogP contribution >= 0.6 is 47.8 Å². The predicted octanol–water partition coefficient (Wildman–Crippen LogP) is 3.42. The van der Waals surface area contributed by atoms with Crippen LogP contribution in [0.4, 0.5) is 0 Å². The van der Waals surface area contributed by atoms with Gasteiger partial charge in [-0.15, -0.1) is 36.2 Å². The second kappa shape index (κ2) is 10.8. The van der Waals surface area contributed by atoms with Crippen LogP contribution in [0, 0.1) is 0 Å². The van der Waals surface area contributed by atoms with Gasteiger partial charge in [0.15, 0.2) is 0 Å². The highest BCUT2D eigenvalue weighted by molar-refractivity contribution is 7.16. The lowest BCUT2D eigenvalue weighted by atomic mass is 10.1. The van der Waals surface area contributed by atoms with E-state index in [-0.39, 0.29) is 24.8 Å². The summed E-state index contributed by atoms with van der Waals surface area (Å²) in [7, 11) is 0. The zero-order valence-corrected chi connectivity index (χ0v) is 16.9. The molecule has 2 aliphatic rings. The van der Waals surface area contributed by atoms with Gasteiger partial charge in [0.2, 0.25) is 5.91 Å². The fourth-order valence-electron chi connectivity index (χ4n) is 3.27. The molecule has 1 unspecified atom stereocenters. The number of hydrogen-bond donors (Lipinski definition) is 1. The molecule has 1 amide bonds. The first kappa shape index (κ1) is 22.0. The van der Waals surface area contributed by atoms with Crippen molar-refractivity contribution in [1.82, 2.24) is 15.1 Å². The van der Waals surface area contributed by atoms with Crippen molar-refractivity contribution in [3.63, 3.8) is 0 Å². The van der Waals surface area contributed by atoms with E-state index in [2.05, 4.69) is 16.3 Å². The quantitative estimate of drug-likeness (QED) is 0.802. The van der Waals surface area contributed by atoms with Gasteiger partial charge in [0.05, 0.1) is 4.34 Å². The Morgan fingerprint density at radius 2 is 2.00 bits per heavy atom. The van der Waals surface area contributed by atoms with Crippen molar-refractivity contribution in [3.05, 3.63) is 21.3 Å². The predicted molar refractivity (Wildman–Crippen MR) is 106 cm³/mol. The van der Waals surface area contributed by atoms with Crippen LogP contribution in [-0.2, 0) is 11.3 Å². The summed E-state index contributed by atoms with van der Waals surface area (Å²) >= 11 is 7.62. The SMILES string of the molecule is Cl.Cl.O=C(CCC1CCCN1)N1CCN(Cc2ccc(Cl)s2)CC1. The molecule has 3 rings (SSSR count). The van der Waals surface area contributed by atoms with E-state index in [1.807, 2.05) is 11.0 Å². The number of halogens is 3. The van der Waals surface area contributed by atoms with Crippen molar-refractivity contribution in [1.29, 1.82) is 0 Å². The molecule has 1 N–H and O–H groups in total. The summed E-state index contributed by atoms with van der Waals surface area (Å²) in [5, 5.41) is 3.46. The third kappa shape index (κ3) is 6.36. The van der Waals surface area contributed by atoms with Gasteiger partial charge < -0.3 is 10.2 Å². The fraction of sp³-hybridized carbons (Fsp3) is 0.688. The summed E-state index contributed by atoms with van der Waals surface area (Å²) in [4.78, 5) is 18.0. The Bertz CT molecular complexity index is 501. The number of thiophene rings is 1. The first-order valence-corrected chi connectivity index (χ1v) is 9.38. The molecular formula is C16H26Cl3N3OS. The molecule has 0 radical (unpaired) electrons. The average molecular weight is 415 g/mol. The summed E-state index contributed by atoms with van der Waals surface area (Å²) in [6, 6.07) is 4.62. The van der Waals surface area contributed by atoms with Crippen molar-refractivity contribution < 1.29 is 4.79 Å². The minimum Gasteiger partial charge on any atom is -0.340 e. The van der Waals surface area contributed by atoms with Crippen LogP contribution in [0.25, 0.3) is 0 Å². The maximum Gasteiger partial charge on any atom is 0.222 e. The number of nitrogens with zero attached hydrogens (tertiary/aromatic N) is 2. The molecule has 4 nitrogen and oxygen atoms in total. The first-order chi connectivity index (χ1) is 10.7. The zero-order chi connectivity index (χ0) is 15.4. The molecule has 8 heteroatoms. The van der Waals surface area contributed by atoms with E-state index in [9.17, 15) is 4.79 Å². The number of amides is 1. The van der Waals surface area contributed by atoms with E-state index in [0.29, 0.717) is 18.4 Å². The van der Waals surface area contributed by atoms with Crippen LogP contribution in [0.2, 0.25) is 4.34 Å². The van der Waals surface area contributed by atoms with E-state index in [0.717, 1.165) is 50.0 Å². The molecule has 1 aromatic heterocycles. The van der Waals surface area contributed by atoms with E-state index in [4.69, 9.17) is 11.6 Å². The topological polar surface area (TPSA) is 35.6 Å². The van der Waals surface area contributed by atoms with Crippen LogP contribution in [0.3, 0.4) is 0 Å². The van der Waals surface area contributed by atoms with Gasteiger partial charge in [-0.2, -0.15) is 0 Å². The second-order valence-electron chi connectivity index (χ2n) is 6.19. The smallest absolute Gasteiger partial charge is 0.222 e. The molecular weight excluding hydrogens is 389 g/mol. The molecule has 0 aliphatic carbocycles. The van der Waals surface area contributed by atoms with Crippen LogP contribution in [0.15, 0.2) is 12.1 Å². The normalized spacial score (nSPS) is 21.2. The standard InChI is InChI=1S/C16H24ClN3OS.2ClH/c17-15-5-4-14(22-15)12-19-8-10-20(11-9-19)16(21)6-3-13-2-1-7-18-13;;/h4-5,13,18H,1-3,6-12H2;2*1H.